The van der Waals surface area contributed by atoms with Gasteiger partial charge in [-0.3, -0.25) is 4.79 Å². The Morgan fingerprint density at radius 2 is 2.39 bits per heavy atom. The van der Waals surface area contributed by atoms with Crippen LogP contribution in [0.1, 0.15) is 25.7 Å². The van der Waals surface area contributed by atoms with Crippen molar-refractivity contribution in [2.75, 3.05) is 11.9 Å². The summed E-state index contributed by atoms with van der Waals surface area (Å²) in [5, 5.41) is 2.59. The van der Waals surface area contributed by atoms with E-state index < -0.39 is 5.82 Å². The highest BCUT2D eigenvalue weighted by atomic mass is 79.9. The van der Waals surface area contributed by atoms with E-state index in [1.165, 1.54) is 6.07 Å². The predicted octanol–water partition coefficient (Wildman–Crippen LogP) is 3.49. The molecule has 1 aromatic carbocycles. The predicted molar refractivity (Wildman–Crippen MR) is 70.9 cm³/mol. The minimum Gasteiger partial charge on any atom is -0.378 e. The zero-order valence-electron chi connectivity index (χ0n) is 9.92. The van der Waals surface area contributed by atoms with Crippen molar-refractivity contribution in [3.63, 3.8) is 0 Å². The molecule has 2 rings (SSSR count). The van der Waals surface area contributed by atoms with Crippen LogP contribution in [0.3, 0.4) is 0 Å². The Kier molecular flexibility index (Phi) is 4.72. The van der Waals surface area contributed by atoms with Crippen LogP contribution in [0.15, 0.2) is 22.7 Å². The molecule has 0 unspecified atom stereocenters. The van der Waals surface area contributed by atoms with Gasteiger partial charge in [-0.05, 0) is 47.3 Å². The molecule has 1 aromatic rings. The summed E-state index contributed by atoms with van der Waals surface area (Å²) < 4.78 is 19.5. The maximum atomic E-state index is 13.5. The molecule has 0 aromatic heterocycles. The summed E-state index contributed by atoms with van der Waals surface area (Å²) in [6, 6.07) is 4.60. The summed E-state index contributed by atoms with van der Waals surface area (Å²) >= 11 is 3.21. The highest BCUT2D eigenvalue weighted by molar-refractivity contribution is 9.10. The second kappa shape index (κ2) is 6.29. The third-order valence-electron chi connectivity index (χ3n) is 2.94. The number of hydrogen-bond donors (Lipinski definition) is 1. The monoisotopic (exact) mass is 315 g/mol. The second-order valence-electron chi connectivity index (χ2n) is 4.32. The second-order valence-corrected chi connectivity index (χ2v) is 5.17. The zero-order chi connectivity index (χ0) is 13.0. The van der Waals surface area contributed by atoms with Crippen LogP contribution in [0.4, 0.5) is 10.1 Å². The summed E-state index contributed by atoms with van der Waals surface area (Å²) in [5.41, 5.74) is 0.204. The summed E-state index contributed by atoms with van der Waals surface area (Å²) in [7, 11) is 0. The molecule has 1 fully saturated rings. The number of carbonyl (C=O) groups excluding carboxylic acids is 1. The van der Waals surface area contributed by atoms with Crippen molar-refractivity contribution >= 4 is 27.5 Å². The van der Waals surface area contributed by atoms with E-state index in [1.54, 1.807) is 12.1 Å². The zero-order valence-corrected chi connectivity index (χ0v) is 11.5. The minimum absolute atomic E-state index is 0.180. The lowest BCUT2D eigenvalue weighted by Gasteiger charge is -2.10. The average Bonchev–Trinajstić information content (AvgIpc) is 2.84. The lowest BCUT2D eigenvalue weighted by Crippen LogP contribution is -2.16. The largest absolute Gasteiger partial charge is 0.378 e. The number of amides is 1. The van der Waals surface area contributed by atoms with E-state index in [-0.39, 0.29) is 17.7 Å². The van der Waals surface area contributed by atoms with Crippen molar-refractivity contribution in [2.45, 2.75) is 31.8 Å². The topological polar surface area (TPSA) is 38.3 Å². The highest BCUT2D eigenvalue weighted by Crippen LogP contribution is 2.25. The van der Waals surface area contributed by atoms with Gasteiger partial charge >= 0.3 is 0 Å². The number of nitrogens with one attached hydrogen (secondary N) is 1. The van der Waals surface area contributed by atoms with Crippen LogP contribution in [0, 0.1) is 5.82 Å². The Morgan fingerprint density at radius 1 is 1.56 bits per heavy atom. The summed E-state index contributed by atoms with van der Waals surface area (Å²) in [4.78, 5) is 11.7. The van der Waals surface area contributed by atoms with E-state index in [1.807, 2.05) is 0 Å². The molecule has 1 saturated heterocycles. The third kappa shape index (κ3) is 3.53. The van der Waals surface area contributed by atoms with Crippen molar-refractivity contribution in [3.05, 3.63) is 28.5 Å². The minimum atomic E-state index is -0.435. The van der Waals surface area contributed by atoms with Crippen molar-refractivity contribution in [1.82, 2.24) is 0 Å². The summed E-state index contributed by atoms with van der Waals surface area (Å²) in [6.07, 6.45) is 3.30. The van der Waals surface area contributed by atoms with Crippen molar-refractivity contribution < 1.29 is 13.9 Å². The maximum absolute atomic E-state index is 13.5. The SMILES string of the molecule is O=C(CC[C@@H]1CCCO1)Nc1c(F)cccc1Br. The van der Waals surface area contributed by atoms with Crippen LogP contribution in [0.5, 0.6) is 0 Å². The first-order valence-electron chi connectivity index (χ1n) is 6.02. The summed E-state index contributed by atoms with van der Waals surface area (Å²) in [5.74, 6) is -0.619. The molecular weight excluding hydrogens is 301 g/mol. The van der Waals surface area contributed by atoms with E-state index in [0.717, 1.165) is 19.4 Å². The van der Waals surface area contributed by atoms with Crippen molar-refractivity contribution in [1.29, 1.82) is 0 Å². The van der Waals surface area contributed by atoms with Gasteiger partial charge in [0.25, 0.3) is 0 Å². The van der Waals surface area contributed by atoms with Crippen LogP contribution in [0.2, 0.25) is 0 Å². The van der Waals surface area contributed by atoms with Gasteiger partial charge in [0.05, 0.1) is 11.8 Å². The van der Waals surface area contributed by atoms with Crippen LogP contribution in [-0.2, 0) is 9.53 Å². The first-order chi connectivity index (χ1) is 8.66. The fourth-order valence-corrected chi connectivity index (χ4v) is 2.42. The third-order valence-corrected chi connectivity index (χ3v) is 3.61. The van der Waals surface area contributed by atoms with Crippen LogP contribution < -0.4 is 5.32 Å². The van der Waals surface area contributed by atoms with Gasteiger partial charge in [-0.2, -0.15) is 0 Å². The fourth-order valence-electron chi connectivity index (χ4n) is 1.98. The standard InChI is InChI=1S/C13H15BrFNO2/c14-10-4-1-5-11(15)13(10)16-12(17)7-6-9-3-2-8-18-9/h1,4-5,9H,2-3,6-8H2,(H,16,17)/t9-/m0/s1. The highest BCUT2D eigenvalue weighted by Gasteiger charge is 2.17. The molecule has 0 spiro atoms. The van der Waals surface area contributed by atoms with Crippen LogP contribution in [0.25, 0.3) is 0 Å². The van der Waals surface area contributed by atoms with Crippen LogP contribution >= 0.6 is 15.9 Å². The Bertz CT molecular complexity index is 413. The van der Waals surface area contributed by atoms with E-state index in [0.29, 0.717) is 17.3 Å². The molecule has 0 saturated carbocycles. The molecule has 1 N–H and O–H groups in total. The molecule has 1 heterocycles. The number of ether oxygens (including phenoxy) is 1. The number of benzene rings is 1. The molecule has 5 heteroatoms. The maximum Gasteiger partial charge on any atom is 0.224 e. The van der Waals surface area contributed by atoms with Crippen LogP contribution in [-0.4, -0.2) is 18.6 Å². The Hall–Kier alpha value is -0.940. The first-order valence-corrected chi connectivity index (χ1v) is 6.81. The number of halogens is 2. The van der Waals surface area contributed by atoms with Gasteiger partial charge < -0.3 is 10.1 Å². The molecule has 18 heavy (non-hydrogen) atoms. The number of para-hydroxylation sites is 1. The Balaban J connectivity index is 1.86. The van der Waals surface area contributed by atoms with Gasteiger partial charge in [-0.15, -0.1) is 0 Å². The van der Waals surface area contributed by atoms with Crippen molar-refractivity contribution in [3.8, 4) is 0 Å². The smallest absolute Gasteiger partial charge is 0.224 e. The molecule has 1 atom stereocenters. The van der Waals surface area contributed by atoms with Gasteiger partial charge in [-0.25, -0.2) is 4.39 Å². The Morgan fingerprint density at radius 3 is 3.06 bits per heavy atom. The number of anilines is 1. The van der Waals surface area contributed by atoms with Gasteiger partial charge in [0, 0.05) is 17.5 Å². The molecule has 3 nitrogen and oxygen atoms in total. The molecule has 0 radical (unpaired) electrons. The van der Waals surface area contributed by atoms with E-state index in [2.05, 4.69) is 21.2 Å². The van der Waals surface area contributed by atoms with Gasteiger partial charge in [0.1, 0.15) is 5.82 Å². The molecule has 1 aliphatic rings. The molecule has 98 valence electrons. The molecule has 0 bridgehead atoms. The molecule has 1 aliphatic heterocycles. The summed E-state index contributed by atoms with van der Waals surface area (Å²) in [6.45, 7) is 0.783. The van der Waals surface area contributed by atoms with Gasteiger partial charge in [-0.1, -0.05) is 6.07 Å². The Labute approximate surface area is 114 Å². The quantitative estimate of drug-likeness (QED) is 0.923. The lowest BCUT2D eigenvalue weighted by molar-refractivity contribution is -0.116. The van der Waals surface area contributed by atoms with Crippen molar-refractivity contribution in [2.24, 2.45) is 0 Å². The van der Waals surface area contributed by atoms with E-state index in [4.69, 9.17) is 4.74 Å². The number of rotatable bonds is 4. The number of carbonyl (C=O) groups is 1. The van der Waals surface area contributed by atoms with Gasteiger partial charge in [0.15, 0.2) is 0 Å². The number of hydrogen-bond acceptors (Lipinski definition) is 2. The molecule has 1 amide bonds. The average molecular weight is 316 g/mol. The molecular formula is C13H15BrFNO2. The normalized spacial score (nSPS) is 18.9. The van der Waals surface area contributed by atoms with E-state index >= 15 is 0 Å². The fraction of sp³-hybridized carbons (Fsp3) is 0.462. The van der Waals surface area contributed by atoms with Gasteiger partial charge in [0.2, 0.25) is 5.91 Å². The molecule has 0 aliphatic carbocycles. The van der Waals surface area contributed by atoms with E-state index in [9.17, 15) is 9.18 Å². The lowest BCUT2D eigenvalue weighted by atomic mass is 10.1. The first kappa shape index (κ1) is 13.5.